The summed E-state index contributed by atoms with van der Waals surface area (Å²) in [5.74, 6) is 0.466. The lowest BCUT2D eigenvalue weighted by Gasteiger charge is -2.31. The van der Waals surface area contributed by atoms with Crippen LogP contribution < -0.4 is 4.31 Å². The molecule has 1 N–H and O–H groups in total. The molecule has 0 saturated carbocycles. The van der Waals surface area contributed by atoms with Crippen molar-refractivity contribution in [1.29, 1.82) is 0 Å². The molecule has 0 unspecified atom stereocenters. The zero-order valence-electron chi connectivity index (χ0n) is 16.3. The predicted molar refractivity (Wildman–Crippen MR) is 108 cm³/mol. The number of hydrogen-bond donors (Lipinski definition) is 1. The van der Waals surface area contributed by atoms with Gasteiger partial charge >= 0.3 is 10.3 Å². The highest BCUT2D eigenvalue weighted by molar-refractivity contribution is 7.87. The Kier molecular flexibility index (Phi) is 6.80. The van der Waals surface area contributed by atoms with Gasteiger partial charge < -0.3 is 9.32 Å². The van der Waals surface area contributed by atoms with Gasteiger partial charge in [0, 0.05) is 23.5 Å². The van der Waals surface area contributed by atoms with Crippen molar-refractivity contribution in [2.75, 3.05) is 10.8 Å². The van der Waals surface area contributed by atoms with Gasteiger partial charge in [-0.05, 0) is 42.8 Å². The van der Waals surface area contributed by atoms with E-state index in [2.05, 4.69) is 0 Å². The maximum Gasteiger partial charge on any atom is 0.359 e. The van der Waals surface area contributed by atoms with Crippen LogP contribution >= 0.6 is 11.6 Å². The minimum absolute atomic E-state index is 0.0267. The van der Waals surface area contributed by atoms with E-state index >= 15 is 0 Å². The van der Waals surface area contributed by atoms with E-state index < -0.39 is 15.7 Å². The summed E-state index contributed by atoms with van der Waals surface area (Å²) in [4.78, 5) is 14.6. The molecule has 1 aromatic heterocycles. The van der Waals surface area contributed by atoms with E-state index in [0.717, 1.165) is 4.31 Å². The summed E-state index contributed by atoms with van der Waals surface area (Å²) >= 11 is 6.12. The Hall–Kier alpha value is -2.03. The molecule has 0 aliphatic heterocycles. The van der Waals surface area contributed by atoms with Crippen LogP contribution in [-0.4, -0.2) is 30.3 Å². The number of anilines is 1. The molecule has 0 aliphatic rings. The number of benzene rings is 1. The highest BCUT2D eigenvalue weighted by Crippen LogP contribution is 2.29. The normalized spacial score (nSPS) is 12.1. The van der Waals surface area contributed by atoms with Crippen LogP contribution in [0.2, 0.25) is 5.02 Å². The first-order valence-electron chi connectivity index (χ1n) is 8.78. The molecule has 0 fully saturated rings. The molecule has 154 valence electrons. The zero-order valence-corrected chi connectivity index (χ0v) is 17.9. The van der Waals surface area contributed by atoms with Gasteiger partial charge in [-0.1, -0.05) is 32.4 Å². The Morgan fingerprint density at radius 2 is 1.89 bits per heavy atom. The molecule has 0 radical (unpaired) electrons. The lowest BCUT2D eigenvalue weighted by atomic mass is 9.94. The smallest absolute Gasteiger partial charge is 0.359 e. The van der Waals surface area contributed by atoms with Gasteiger partial charge in [0.1, 0.15) is 5.76 Å². The Morgan fingerprint density at radius 1 is 1.21 bits per heavy atom. The van der Waals surface area contributed by atoms with Crippen molar-refractivity contribution in [1.82, 2.24) is 4.90 Å². The molecule has 2 rings (SSSR count). The summed E-state index contributed by atoms with van der Waals surface area (Å²) in [5.41, 5.74) is 0.107. The largest absolute Gasteiger partial charge is 0.467 e. The van der Waals surface area contributed by atoms with E-state index in [1.165, 1.54) is 18.4 Å². The number of halogens is 1. The highest BCUT2D eigenvalue weighted by atomic mass is 35.5. The molecule has 1 heterocycles. The van der Waals surface area contributed by atoms with Crippen molar-refractivity contribution in [3.63, 3.8) is 0 Å². The van der Waals surface area contributed by atoms with Crippen molar-refractivity contribution in [2.45, 2.75) is 40.8 Å². The van der Waals surface area contributed by atoms with Crippen LogP contribution in [-0.2, 0) is 28.2 Å². The van der Waals surface area contributed by atoms with Gasteiger partial charge in [-0.3, -0.25) is 9.35 Å². The van der Waals surface area contributed by atoms with E-state index in [-0.39, 0.29) is 31.2 Å². The minimum Gasteiger partial charge on any atom is -0.467 e. The standard InChI is InChI=1S/C19H25ClN2O5S/c1-5-22(28(24,25)26)17-9-8-15(20)11-14(17)12-21(18(23)19(2,3)4)13-16-7-6-10-27-16/h6-11H,5,12-13H2,1-4H3,(H,24,25,26). The number of carbonyl (C=O) groups excluding carboxylic acids is 1. The second-order valence-corrected chi connectivity index (χ2v) is 9.18. The molecule has 0 aliphatic carbocycles. The summed E-state index contributed by atoms with van der Waals surface area (Å²) in [6.07, 6.45) is 1.52. The number of nitrogens with zero attached hydrogens (tertiary/aromatic N) is 2. The molecule has 1 aromatic carbocycles. The van der Waals surface area contributed by atoms with Crippen LogP contribution in [0.3, 0.4) is 0 Å². The average Bonchev–Trinajstić information content (AvgIpc) is 3.07. The molecular formula is C19H25ClN2O5S. The van der Waals surface area contributed by atoms with Gasteiger partial charge in [-0.25, -0.2) is 4.31 Å². The van der Waals surface area contributed by atoms with Gasteiger partial charge in [0.05, 0.1) is 18.5 Å². The van der Waals surface area contributed by atoms with Gasteiger partial charge in [-0.15, -0.1) is 0 Å². The summed E-state index contributed by atoms with van der Waals surface area (Å²) < 4.78 is 39.4. The van der Waals surface area contributed by atoms with Crippen LogP contribution in [0.25, 0.3) is 0 Å². The summed E-state index contributed by atoms with van der Waals surface area (Å²) in [6.45, 7) is 7.36. The fourth-order valence-corrected chi connectivity index (χ4v) is 3.80. The number of hydrogen-bond acceptors (Lipinski definition) is 4. The van der Waals surface area contributed by atoms with Crippen LogP contribution in [0.5, 0.6) is 0 Å². The van der Waals surface area contributed by atoms with E-state index in [1.54, 1.807) is 50.8 Å². The van der Waals surface area contributed by atoms with E-state index in [4.69, 9.17) is 16.0 Å². The van der Waals surface area contributed by atoms with Crippen molar-refractivity contribution in [3.8, 4) is 0 Å². The Labute approximate surface area is 170 Å². The molecule has 2 aromatic rings. The molecule has 0 saturated heterocycles. The predicted octanol–water partition coefficient (Wildman–Crippen LogP) is 4.14. The number of rotatable bonds is 7. The third kappa shape index (κ3) is 5.50. The fourth-order valence-electron chi connectivity index (χ4n) is 2.85. The first-order chi connectivity index (χ1) is 12.9. The number of amides is 1. The van der Waals surface area contributed by atoms with Crippen molar-refractivity contribution in [2.24, 2.45) is 5.41 Å². The van der Waals surface area contributed by atoms with Crippen LogP contribution in [0.1, 0.15) is 39.0 Å². The lowest BCUT2D eigenvalue weighted by molar-refractivity contribution is -0.141. The van der Waals surface area contributed by atoms with Crippen molar-refractivity contribution < 1.29 is 22.2 Å². The SMILES string of the molecule is CCN(c1ccc(Cl)cc1CN(Cc1ccco1)C(=O)C(C)(C)C)S(=O)(=O)O. The molecular weight excluding hydrogens is 404 g/mol. The van der Waals surface area contributed by atoms with Crippen LogP contribution in [0.15, 0.2) is 41.0 Å². The number of carbonyl (C=O) groups is 1. The second kappa shape index (κ2) is 8.55. The van der Waals surface area contributed by atoms with Gasteiger partial charge in [0.15, 0.2) is 0 Å². The van der Waals surface area contributed by atoms with Gasteiger partial charge in [-0.2, -0.15) is 8.42 Å². The first kappa shape index (κ1) is 22.3. The molecule has 0 atom stereocenters. The zero-order chi connectivity index (χ0) is 21.1. The number of furan rings is 1. The maximum absolute atomic E-state index is 13.0. The summed E-state index contributed by atoms with van der Waals surface area (Å²) in [5, 5.41) is 0.395. The van der Waals surface area contributed by atoms with E-state index in [9.17, 15) is 17.8 Å². The Morgan fingerprint density at radius 3 is 2.39 bits per heavy atom. The monoisotopic (exact) mass is 428 g/mol. The molecule has 9 heteroatoms. The quantitative estimate of drug-likeness (QED) is 0.669. The van der Waals surface area contributed by atoms with E-state index in [0.29, 0.717) is 16.3 Å². The second-order valence-electron chi connectivity index (χ2n) is 7.41. The van der Waals surface area contributed by atoms with Crippen molar-refractivity contribution in [3.05, 3.63) is 52.9 Å². The minimum atomic E-state index is -4.47. The Balaban J connectivity index is 2.48. The van der Waals surface area contributed by atoms with E-state index in [1.807, 2.05) is 0 Å². The molecule has 1 amide bonds. The third-order valence-electron chi connectivity index (χ3n) is 4.09. The summed E-state index contributed by atoms with van der Waals surface area (Å²) in [6, 6.07) is 8.14. The van der Waals surface area contributed by atoms with Crippen LogP contribution in [0.4, 0.5) is 5.69 Å². The molecule has 0 bridgehead atoms. The molecule has 0 spiro atoms. The topological polar surface area (TPSA) is 91.1 Å². The van der Waals surface area contributed by atoms with Gasteiger partial charge in [0.2, 0.25) is 5.91 Å². The summed E-state index contributed by atoms with van der Waals surface area (Å²) in [7, 11) is -4.47. The maximum atomic E-state index is 13.0. The van der Waals surface area contributed by atoms with Crippen LogP contribution in [0, 0.1) is 5.41 Å². The third-order valence-corrected chi connectivity index (χ3v) is 5.34. The molecule has 7 nitrogen and oxygen atoms in total. The molecule has 28 heavy (non-hydrogen) atoms. The first-order valence-corrected chi connectivity index (χ1v) is 10.6. The Bertz CT molecular complexity index is 920. The highest BCUT2D eigenvalue weighted by Gasteiger charge is 2.29. The average molecular weight is 429 g/mol. The van der Waals surface area contributed by atoms with Gasteiger partial charge in [0.25, 0.3) is 0 Å². The van der Waals surface area contributed by atoms with Crippen molar-refractivity contribution >= 4 is 33.5 Å². The fraction of sp³-hybridized carbons (Fsp3) is 0.421. The lowest BCUT2D eigenvalue weighted by Crippen LogP contribution is -2.39.